The molecule has 0 saturated carbocycles. The second-order valence-corrected chi connectivity index (χ2v) is 4.86. The molecule has 0 unspecified atom stereocenters. The lowest BCUT2D eigenvalue weighted by Gasteiger charge is -2.19. The van der Waals surface area contributed by atoms with Crippen molar-refractivity contribution in [2.45, 2.75) is 13.5 Å². The van der Waals surface area contributed by atoms with Crippen molar-refractivity contribution < 1.29 is 4.79 Å². The van der Waals surface area contributed by atoms with Gasteiger partial charge in [0.25, 0.3) is 5.91 Å². The summed E-state index contributed by atoms with van der Waals surface area (Å²) >= 11 is 0. The zero-order valence-electron chi connectivity index (χ0n) is 11.8. The number of nitrogens with two attached hydrogens (primary N) is 1. The summed E-state index contributed by atoms with van der Waals surface area (Å²) < 4.78 is 0. The second-order valence-electron chi connectivity index (χ2n) is 4.86. The largest absolute Gasteiger partial charge is 0.370 e. The first-order valence-electron chi connectivity index (χ1n) is 6.48. The first-order valence-corrected chi connectivity index (χ1v) is 6.48. The van der Waals surface area contributed by atoms with E-state index in [4.69, 9.17) is 5.84 Å². The molecule has 0 aromatic heterocycles. The first-order chi connectivity index (χ1) is 9.60. The Morgan fingerprint density at radius 2 is 1.70 bits per heavy atom. The van der Waals surface area contributed by atoms with Crippen LogP contribution in [0, 0.1) is 6.92 Å². The summed E-state index contributed by atoms with van der Waals surface area (Å²) in [7, 11) is 2.05. The van der Waals surface area contributed by atoms with Gasteiger partial charge < -0.3 is 4.90 Å². The highest BCUT2D eigenvalue weighted by molar-refractivity contribution is 5.93. The number of rotatable bonds is 4. The Morgan fingerprint density at radius 1 is 1.10 bits per heavy atom. The Labute approximate surface area is 119 Å². The van der Waals surface area contributed by atoms with E-state index in [2.05, 4.69) is 41.5 Å². The van der Waals surface area contributed by atoms with Crippen molar-refractivity contribution in [3.05, 3.63) is 65.2 Å². The lowest BCUT2D eigenvalue weighted by atomic mass is 10.1. The third kappa shape index (κ3) is 3.36. The molecule has 2 aromatic carbocycles. The molecule has 0 heterocycles. The van der Waals surface area contributed by atoms with Gasteiger partial charge in [0.2, 0.25) is 0 Å². The van der Waals surface area contributed by atoms with E-state index in [1.165, 1.54) is 11.3 Å². The third-order valence-electron chi connectivity index (χ3n) is 3.24. The van der Waals surface area contributed by atoms with Crippen LogP contribution in [0.15, 0.2) is 48.5 Å². The van der Waals surface area contributed by atoms with Crippen LogP contribution >= 0.6 is 0 Å². The molecule has 0 aliphatic carbocycles. The fraction of sp³-hybridized carbons (Fsp3) is 0.188. The van der Waals surface area contributed by atoms with E-state index < -0.39 is 0 Å². The molecule has 0 aliphatic rings. The molecular weight excluding hydrogens is 250 g/mol. The number of anilines is 1. The fourth-order valence-corrected chi connectivity index (χ4v) is 2.01. The summed E-state index contributed by atoms with van der Waals surface area (Å²) in [4.78, 5) is 13.5. The van der Waals surface area contributed by atoms with E-state index in [-0.39, 0.29) is 5.91 Å². The molecule has 0 spiro atoms. The minimum atomic E-state index is -0.275. The van der Waals surface area contributed by atoms with Crippen LogP contribution in [0.2, 0.25) is 0 Å². The van der Waals surface area contributed by atoms with Crippen LogP contribution in [0.1, 0.15) is 21.5 Å². The molecule has 4 heteroatoms. The van der Waals surface area contributed by atoms with Crippen LogP contribution in [0.3, 0.4) is 0 Å². The molecule has 0 aliphatic heterocycles. The third-order valence-corrected chi connectivity index (χ3v) is 3.24. The van der Waals surface area contributed by atoms with Gasteiger partial charge in [-0.1, -0.05) is 29.8 Å². The highest BCUT2D eigenvalue weighted by Crippen LogP contribution is 2.16. The molecule has 2 rings (SSSR count). The summed E-state index contributed by atoms with van der Waals surface area (Å²) in [6.45, 7) is 2.86. The Morgan fingerprint density at radius 3 is 2.25 bits per heavy atom. The summed E-state index contributed by atoms with van der Waals surface area (Å²) in [5.74, 6) is 4.83. The monoisotopic (exact) mass is 269 g/mol. The molecule has 20 heavy (non-hydrogen) atoms. The lowest BCUT2D eigenvalue weighted by molar-refractivity contribution is 0.0953. The van der Waals surface area contributed by atoms with Gasteiger partial charge in [-0.05, 0) is 36.8 Å². The second kappa shape index (κ2) is 6.21. The number of benzene rings is 2. The molecule has 0 radical (unpaired) electrons. The van der Waals surface area contributed by atoms with Gasteiger partial charge in [-0.2, -0.15) is 0 Å². The van der Waals surface area contributed by atoms with Crippen molar-refractivity contribution in [2.75, 3.05) is 11.9 Å². The predicted octanol–water partition coefficient (Wildman–Crippen LogP) is 2.23. The van der Waals surface area contributed by atoms with Crippen LogP contribution in [-0.2, 0) is 6.54 Å². The number of nitrogen functional groups attached to an aromatic ring is 1. The SMILES string of the molecule is Cc1ccc(N(C)Cc2ccc(C(=O)NN)cc2)cc1. The number of hydrogen-bond donors (Lipinski definition) is 2. The van der Waals surface area contributed by atoms with E-state index in [1.807, 2.05) is 19.2 Å². The Kier molecular flexibility index (Phi) is 4.38. The summed E-state index contributed by atoms with van der Waals surface area (Å²) in [5.41, 5.74) is 6.24. The van der Waals surface area contributed by atoms with Gasteiger partial charge in [-0.3, -0.25) is 10.2 Å². The molecule has 3 N–H and O–H groups in total. The molecule has 2 aromatic rings. The molecule has 0 atom stereocenters. The van der Waals surface area contributed by atoms with Crippen LogP contribution in [0.25, 0.3) is 0 Å². The summed E-state index contributed by atoms with van der Waals surface area (Å²) in [6, 6.07) is 15.8. The van der Waals surface area contributed by atoms with Gasteiger partial charge in [0.1, 0.15) is 0 Å². The van der Waals surface area contributed by atoms with Gasteiger partial charge in [0, 0.05) is 24.8 Å². The quantitative estimate of drug-likeness (QED) is 0.508. The molecule has 1 amide bonds. The Balaban J connectivity index is 2.06. The highest BCUT2D eigenvalue weighted by atomic mass is 16.2. The fourth-order valence-electron chi connectivity index (χ4n) is 2.01. The van der Waals surface area contributed by atoms with Crippen molar-refractivity contribution in [1.82, 2.24) is 5.43 Å². The van der Waals surface area contributed by atoms with Crippen molar-refractivity contribution >= 4 is 11.6 Å². The number of nitrogens with zero attached hydrogens (tertiary/aromatic N) is 1. The van der Waals surface area contributed by atoms with Gasteiger partial charge in [-0.25, -0.2) is 5.84 Å². The van der Waals surface area contributed by atoms with E-state index in [0.717, 1.165) is 12.1 Å². The van der Waals surface area contributed by atoms with Crippen LogP contribution in [0.5, 0.6) is 0 Å². The smallest absolute Gasteiger partial charge is 0.265 e. The predicted molar refractivity (Wildman–Crippen MR) is 81.4 cm³/mol. The van der Waals surface area contributed by atoms with Gasteiger partial charge in [-0.15, -0.1) is 0 Å². The Bertz CT molecular complexity index is 576. The maximum Gasteiger partial charge on any atom is 0.265 e. The van der Waals surface area contributed by atoms with Crippen LogP contribution < -0.4 is 16.2 Å². The van der Waals surface area contributed by atoms with Crippen LogP contribution in [0.4, 0.5) is 5.69 Å². The summed E-state index contributed by atoms with van der Waals surface area (Å²) in [5, 5.41) is 0. The molecular formula is C16H19N3O. The normalized spacial score (nSPS) is 10.2. The molecule has 0 fully saturated rings. The van der Waals surface area contributed by atoms with Gasteiger partial charge in [0.05, 0.1) is 0 Å². The zero-order chi connectivity index (χ0) is 14.5. The Hall–Kier alpha value is -2.33. The van der Waals surface area contributed by atoms with E-state index in [0.29, 0.717) is 5.56 Å². The standard InChI is InChI=1S/C16H19N3O/c1-12-3-9-15(10-4-12)19(2)11-13-5-7-14(8-6-13)16(20)18-17/h3-10H,11,17H2,1-2H3,(H,18,20). The summed E-state index contributed by atoms with van der Waals surface area (Å²) in [6.07, 6.45) is 0. The van der Waals surface area contributed by atoms with E-state index in [1.54, 1.807) is 12.1 Å². The number of hydrogen-bond acceptors (Lipinski definition) is 3. The lowest BCUT2D eigenvalue weighted by Crippen LogP contribution is -2.29. The molecule has 4 nitrogen and oxygen atoms in total. The maximum atomic E-state index is 11.4. The molecule has 104 valence electrons. The molecule has 0 bridgehead atoms. The number of carbonyl (C=O) groups is 1. The van der Waals surface area contributed by atoms with Gasteiger partial charge in [0.15, 0.2) is 0 Å². The van der Waals surface area contributed by atoms with Gasteiger partial charge >= 0.3 is 0 Å². The zero-order valence-corrected chi connectivity index (χ0v) is 11.8. The minimum Gasteiger partial charge on any atom is -0.370 e. The van der Waals surface area contributed by atoms with Crippen molar-refractivity contribution in [2.24, 2.45) is 5.84 Å². The van der Waals surface area contributed by atoms with E-state index in [9.17, 15) is 4.79 Å². The van der Waals surface area contributed by atoms with Crippen molar-refractivity contribution in [3.8, 4) is 0 Å². The maximum absolute atomic E-state index is 11.4. The number of carbonyl (C=O) groups excluding carboxylic acids is 1. The number of nitrogens with one attached hydrogen (secondary N) is 1. The molecule has 0 saturated heterocycles. The number of aryl methyl sites for hydroxylation is 1. The minimum absolute atomic E-state index is 0.275. The van der Waals surface area contributed by atoms with Crippen molar-refractivity contribution in [1.29, 1.82) is 0 Å². The van der Waals surface area contributed by atoms with Crippen molar-refractivity contribution in [3.63, 3.8) is 0 Å². The average Bonchev–Trinajstić information content (AvgIpc) is 2.48. The van der Waals surface area contributed by atoms with E-state index >= 15 is 0 Å². The first kappa shape index (κ1) is 14.1. The average molecular weight is 269 g/mol. The number of amides is 1. The highest BCUT2D eigenvalue weighted by Gasteiger charge is 2.05. The number of hydrazine groups is 1. The van der Waals surface area contributed by atoms with Crippen LogP contribution in [-0.4, -0.2) is 13.0 Å². The topological polar surface area (TPSA) is 58.4 Å².